The minimum Gasteiger partial charge on any atom is -0.348 e. The number of nitrogens with one attached hydrogen (secondary N) is 2. The maximum atomic E-state index is 13.3. The molecule has 3 fully saturated rings. The summed E-state index contributed by atoms with van der Waals surface area (Å²) in [5, 5.41) is 15.5. The molecule has 2 atom stereocenters. The fourth-order valence-electron chi connectivity index (χ4n) is 5.84. The molecule has 0 aromatic carbocycles. The largest absolute Gasteiger partial charge is 0.348 e. The fourth-order valence-corrected chi connectivity index (χ4v) is 5.84. The summed E-state index contributed by atoms with van der Waals surface area (Å²) in [4.78, 5) is 15.9. The van der Waals surface area contributed by atoms with E-state index >= 15 is 0 Å². The van der Waals surface area contributed by atoms with E-state index in [-0.39, 0.29) is 11.3 Å². The minimum absolute atomic E-state index is 0.212. The molecule has 7 heteroatoms. The highest BCUT2D eigenvalue weighted by Gasteiger charge is 2.55. The van der Waals surface area contributed by atoms with Crippen molar-refractivity contribution in [3.63, 3.8) is 0 Å². The van der Waals surface area contributed by atoms with Crippen molar-refractivity contribution in [1.29, 1.82) is 0 Å². The van der Waals surface area contributed by atoms with Crippen LogP contribution in [0.3, 0.4) is 0 Å². The molecule has 2 saturated heterocycles. The summed E-state index contributed by atoms with van der Waals surface area (Å²) in [6.45, 7) is 5.26. The molecule has 0 spiro atoms. The van der Waals surface area contributed by atoms with E-state index in [2.05, 4.69) is 30.3 Å². The molecule has 1 aliphatic carbocycles. The molecule has 27 heavy (non-hydrogen) atoms. The van der Waals surface area contributed by atoms with Gasteiger partial charge in [0.05, 0.1) is 12.0 Å². The lowest BCUT2D eigenvalue weighted by atomic mass is 9.80. The maximum absolute atomic E-state index is 13.3. The lowest BCUT2D eigenvalue weighted by Gasteiger charge is -2.29. The second-order valence-corrected chi connectivity index (χ2v) is 9.03. The van der Waals surface area contributed by atoms with Crippen molar-refractivity contribution < 1.29 is 4.79 Å². The van der Waals surface area contributed by atoms with Crippen LogP contribution < -0.4 is 10.6 Å². The number of carbonyl (C=O) groups excluding carboxylic acids is 1. The number of nitrogens with zero attached hydrogens (tertiary/aromatic N) is 4. The highest BCUT2D eigenvalue weighted by atomic mass is 16.2. The predicted octanol–water partition coefficient (Wildman–Crippen LogP) is 1.08. The highest BCUT2D eigenvalue weighted by molar-refractivity contribution is 5.84. The van der Waals surface area contributed by atoms with Gasteiger partial charge >= 0.3 is 0 Å². The Morgan fingerprint density at radius 1 is 1.19 bits per heavy atom. The lowest BCUT2D eigenvalue weighted by molar-refractivity contribution is -0.131. The van der Waals surface area contributed by atoms with Crippen LogP contribution in [0.1, 0.15) is 56.6 Å². The number of likely N-dealkylation sites (tertiary alicyclic amines) is 1. The van der Waals surface area contributed by atoms with Crippen LogP contribution in [0.25, 0.3) is 0 Å². The molecular weight excluding hydrogens is 340 g/mol. The number of hydrogen-bond donors (Lipinski definition) is 2. The van der Waals surface area contributed by atoms with E-state index in [4.69, 9.17) is 0 Å². The van der Waals surface area contributed by atoms with Crippen LogP contribution in [0.2, 0.25) is 0 Å². The van der Waals surface area contributed by atoms with Gasteiger partial charge in [0.15, 0.2) is 5.82 Å². The van der Waals surface area contributed by atoms with Crippen molar-refractivity contribution in [2.75, 3.05) is 26.2 Å². The first-order valence-electron chi connectivity index (χ1n) is 10.9. The Bertz CT molecular complexity index is 697. The minimum atomic E-state index is -0.260. The molecule has 1 amide bonds. The summed E-state index contributed by atoms with van der Waals surface area (Å²) >= 11 is 0. The van der Waals surface area contributed by atoms with Crippen LogP contribution in [0.15, 0.2) is 0 Å². The summed E-state index contributed by atoms with van der Waals surface area (Å²) in [6, 6.07) is 0.701. The third-order valence-corrected chi connectivity index (χ3v) is 7.44. The monoisotopic (exact) mass is 372 g/mol. The third-order valence-electron chi connectivity index (χ3n) is 7.44. The first-order chi connectivity index (χ1) is 13.3. The van der Waals surface area contributed by atoms with Gasteiger partial charge in [0, 0.05) is 51.1 Å². The molecule has 148 valence electrons. The Balaban J connectivity index is 1.27. The van der Waals surface area contributed by atoms with E-state index in [0.29, 0.717) is 18.5 Å². The number of amides is 1. The first kappa shape index (κ1) is 17.6. The van der Waals surface area contributed by atoms with Crippen molar-refractivity contribution in [2.24, 2.45) is 11.3 Å². The molecule has 3 aliphatic heterocycles. The molecule has 1 aromatic rings. The van der Waals surface area contributed by atoms with Gasteiger partial charge in [-0.15, -0.1) is 10.2 Å². The Morgan fingerprint density at radius 3 is 2.96 bits per heavy atom. The van der Waals surface area contributed by atoms with Crippen LogP contribution in [0.5, 0.6) is 0 Å². The van der Waals surface area contributed by atoms with Gasteiger partial charge in [-0.1, -0.05) is 19.3 Å². The standard InChI is InChI=1S/C20H32N6O/c27-19(22-11-18-24-23-17-8-2-1-5-9-26(17)18)20-13-21-10-15(20)12-25(14-20)16-6-3-4-7-16/h15-16,21H,1-14H2,(H,22,27)/t15-,20-/m1/s1. The topological polar surface area (TPSA) is 75.1 Å². The van der Waals surface area contributed by atoms with Gasteiger partial charge in [-0.05, 0) is 25.7 Å². The smallest absolute Gasteiger partial charge is 0.229 e. The number of rotatable bonds is 4. The molecule has 4 aliphatic rings. The van der Waals surface area contributed by atoms with Gasteiger partial charge in [-0.25, -0.2) is 0 Å². The molecule has 0 radical (unpaired) electrons. The van der Waals surface area contributed by atoms with E-state index in [1.807, 2.05) is 0 Å². The number of aromatic nitrogens is 3. The number of hydrogen-bond acceptors (Lipinski definition) is 5. The number of carbonyl (C=O) groups is 1. The zero-order chi connectivity index (χ0) is 18.3. The van der Waals surface area contributed by atoms with E-state index in [0.717, 1.165) is 50.8 Å². The Morgan fingerprint density at radius 2 is 2.07 bits per heavy atom. The van der Waals surface area contributed by atoms with Crippen LogP contribution in [-0.2, 0) is 24.3 Å². The van der Waals surface area contributed by atoms with Crippen molar-refractivity contribution in [2.45, 2.75) is 70.5 Å². The zero-order valence-electron chi connectivity index (χ0n) is 16.3. The van der Waals surface area contributed by atoms with Crippen LogP contribution >= 0.6 is 0 Å². The summed E-state index contributed by atoms with van der Waals surface area (Å²) in [5.74, 6) is 2.66. The SMILES string of the molecule is O=C(NCc1nnc2n1CCCCC2)[C@@]12CNC[C@@H]1CN(C1CCCC1)C2. The molecule has 5 rings (SSSR count). The van der Waals surface area contributed by atoms with Gasteiger partial charge in [0.25, 0.3) is 0 Å². The fraction of sp³-hybridized carbons (Fsp3) is 0.850. The quantitative estimate of drug-likeness (QED) is 0.827. The summed E-state index contributed by atoms with van der Waals surface area (Å²) in [5.41, 5.74) is -0.260. The Kier molecular flexibility index (Phi) is 4.68. The summed E-state index contributed by atoms with van der Waals surface area (Å²) < 4.78 is 2.23. The van der Waals surface area contributed by atoms with Gasteiger partial charge in [-0.2, -0.15) is 0 Å². The van der Waals surface area contributed by atoms with E-state index in [1.54, 1.807) is 0 Å². The molecule has 1 saturated carbocycles. The van der Waals surface area contributed by atoms with Crippen LogP contribution in [0.4, 0.5) is 0 Å². The Labute approximate surface area is 161 Å². The predicted molar refractivity (Wildman–Crippen MR) is 102 cm³/mol. The average Bonchev–Trinajstić information content (AvgIpc) is 3.41. The maximum Gasteiger partial charge on any atom is 0.229 e. The normalized spacial score (nSPS) is 31.6. The lowest BCUT2D eigenvalue weighted by Crippen LogP contribution is -2.48. The van der Waals surface area contributed by atoms with Gasteiger partial charge in [-0.3, -0.25) is 9.69 Å². The highest BCUT2D eigenvalue weighted by Crippen LogP contribution is 2.42. The number of fused-ring (bicyclic) bond motifs is 2. The molecular formula is C20H32N6O. The summed E-state index contributed by atoms with van der Waals surface area (Å²) in [7, 11) is 0. The third kappa shape index (κ3) is 3.09. The molecule has 7 nitrogen and oxygen atoms in total. The van der Waals surface area contributed by atoms with Crippen LogP contribution in [0, 0.1) is 11.3 Å². The van der Waals surface area contributed by atoms with E-state index < -0.39 is 0 Å². The van der Waals surface area contributed by atoms with E-state index in [9.17, 15) is 4.79 Å². The van der Waals surface area contributed by atoms with Crippen LogP contribution in [-0.4, -0.2) is 57.8 Å². The van der Waals surface area contributed by atoms with E-state index in [1.165, 1.54) is 44.9 Å². The van der Waals surface area contributed by atoms with Crippen molar-refractivity contribution in [3.05, 3.63) is 11.6 Å². The molecule has 1 aromatic heterocycles. The zero-order valence-corrected chi connectivity index (χ0v) is 16.3. The molecule has 2 N–H and O–H groups in total. The molecule has 4 heterocycles. The van der Waals surface area contributed by atoms with Gasteiger partial charge in [0.1, 0.15) is 5.82 Å². The Hall–Kier alpha value is -1.47. The summed E-state index contributed by atoms with van der Waals surface area (Å²) in [6.07, 6.45) is 9.95. The second kappa shape index (κ2) is 7.17. The van der Waals surface area contributed by atoms with Crippen molar-refractivity contribution in [1.82, 2.24) is 30.3 Å². The molecule has 0 unspecified atom stereocenters. The van der Waals surface area contributed by atoms with Gasteiger partial charge in [0.2, 0.25) is 5.91 Å². The number of aryl methyl sites for hydroxylation is 1. The van der Waals surface area contributed by atoms with Gasteiger partial charge < -0.3 is 15.2 Å². The van der Waals surface area contributed by atoms with Crippen molar-refractivity contribution in [3.8, 4) is 0 Å². The molecule has 0 bridgehead atoms. The average molecular weight is 373 g/mol. The second-order valence-electron chi connectivity index (χ2n) is 9.03. The first-order valence-corrected chi connectivity index (χ1v) is 10.9. The van der Waals surface area contributed by atoms with Crippen molar-refractivity contribution >= 4 is 5.91 Å².